The Morgan fingerprint density at radius 1 is 1.25 bits per heavy atom. The number of aromatic nitrogens is 1. The Morgan fingerprint density at radius 2 is 2.04 bits per heavy atom. The topological polar surface area (TPSA) is 71.5 Å². The Kier molecular flexibility index (Phi) is 3.70. The minimum atomic E-state index is -1.12. The highest BCUT2D eigenvalue weighted by Crippen LogP contribution is 2.36. The van der Waals surface area contributed by atoms with Crippen LogP contribution in [0.1, 0.15) is 21.8 Å². The summed E-state index contributed by atoms with van der Waals surface area (Å²) in [5.74, 6) is 0.397. The van der Waals surface area contributed by atoms with E-state index in [1.165, 1.54) is 11.3 Å². The van der Waals surface area contributed by atoms with E-state index in [1.54, 1.807) is 0 Å². The Balaban J connectivity index is 1.53. The van der Waals surface area contributed by atoms with E-state index < -0.39 is 5.60 Å². The Hall–Kier alpha value is -2.44. The second kappa shape index (κ2) is 5.89. The quantitative estimate of drug-likeness (QED) is 0.769. The fourth-order valence-corrected chi connectivity index (χ4v) is 3.78. The monoisotopic (exact) mass is 340 g/mol. The molecule has 0 saturated carbocycles. The lowest BCUT2D eigenvalue weighted by Gasteiger charge is -2.34. The number of fused-ring (bicyclic) bond motifs is 2. The largest absolute Gasteiger partial charge is 0.493 e. The number of ether oxygens (including phenoxy) is 1. The van der Waals surface area contributed by atoms with Gasteiger partial charge in [-0.3, -0.25) is 4.79 Å². The van der Waals surface area contributed by atoms with Crippen LogP contribution in [0.2, 0.25) is 0 Å². The standard InChI is InChI=1S/C18H16N2O3S/c21-16(17-20-13-6-2-4-8-15(13)24-17)19-11-18(22)9-10-23-14-7-3-1-5-12(14)18/h1-8,22H,9-11H2,(H,19,21)/t18-/m0/s1. The summed E-state index contributed by atoms with van der Waals surface area (Å²) in [5.41, 5.74) is 0.393. The highest BCUT2D eigenvalue weighted by molar-refractivity contribution is 7.20. The number of hydrogen-bond donors (Lipinski definition) is 2. The van der Waals surface area contributed by atoms with Crippen LogP contribution in [0.3, 0.4) is 0 Å². The summed E-state index contributed by atoms with van der Waals surface area (Å²) in [7, 11) is 0. The lowest BCUT2D eigenvalue weighted by Crippen LogP contribution is -2.43. The third-order valence-electron chi connectivity index (χ3n) is 4.19. The van der Waals surface area contributed by atoms with Crippen LogP contribution in [-0.2, 0) is 5.60 Å². The van der Waals surface area contributed by atoms with Gasteiger partial charge in [0.25, 0.3) is 5.91 Å². The molecule has 2 heterocycles. The number of aliphatic hydroxyl groups is 1. The predicted octanol–water partition coefficient (Wildman–Crippen LogP) is 2.70. The summed E-state index contributed by atoms with van der Waals surface area (Å²) in [5, 5.41) is 14.2. The van der Waals surface area contributed by atoms with E-state index in [-0.39, 0.29) is 12.5 Å². The maximum atomic E-state index is 12.4. The van der Waals surface area contributed by atoms with Crippen LogP contribution in [0.25, 0.3) is 10.2 Å². The molecular formula is C18H16N2O3S. The first kappa shape index (κ1) is 15.1. The zero-order valence-electron chi connectivity index (χ0n) is 12.9. The second-order valence-corrected chi connectivity index (χ2v) is 6.83. The lowest BCUT2D eigenvalue weighted by molar-refractivity contribution is -0.00160. The van der Waals surface area contributed by atoms with Gasteiger partial charge in [-0.1, -0.05) is 30.3 Å². The molecule has 1 amide bonds. The van der Waals surface area contributed by atoms with Gasteiger partial charge >= 0.3 is 0 Å². The summed E-state index contributed by atoms with van der Waals surface area (Å²) < 4.78 is 6.54. The molecule has 3 aromatic rings. The minimum absolute atomic E-state index is 0.127. The molecule has 5 nitrogen and oxygen atoms in total. The van der Waals surface area contributed by atoms with Crippen LogP contribution < -0.4 is 10.1 Å². The second-order valence-electron chi connectivity index (χ2n) is 5.80. The molecule has 0 fully saturated rings. The molecular weight excluding hydrogens is 324 g/mol. The fraction of sp³-hybridized carbons (Fsp3) is 0.222. The van der Waals surface area contributed by atoms with Crippen molar-refractivity contribution < 1.29 is 14.6 Å². The van der Waals surface area contributed by atoms with Crippen molar-refractivity contribution in [1.29, 1.82) is 0 Å². The molecule has 1 atom stereocenters. The lowest BCUT2D eigenvalue weighted by atomic mass is 9.88. The van der Waals surface area contributed by atoms with E-state index >= 15 is 0 Å². The van der Waals surface area contributed by atoms with Gasteiger partial charge in [0.2, 0.25) is 0 Å². The van der Waals surface area contributed by atoms with Crippen molar-refractivity contribution in [2.45, 2.75) is 12.0 Å². The molecule has 0 saturated heterocycles. The zero-order valence-corrected chi connectivity index (χ0v) is 13.7. The average molecular weight is 340 g/mol. The maximum absolute atomic E-state index is 12.4. The van der Waals surface area contributed by atoms with Crippen molar-refractivity contribution in [2.75, 3.05) is 13.2 Å². The van der Waals surface area contributed by atoms with Crippen LogP contribution in [0, 0.1) is 0 Å². The number of nitrogens with zero attached hydrogens (tertiary/aromatic N) is 1. The van der Waals surface area contributed by atoms with Crippen LogP contribution in [0.15, 0.2) is 48.5 Å². The van der Waals surface area contributed by atoms with Gasteiger partial charge < -0.3 is 15.2 Å². The van der Waals surface area contributed by atoms with Gasteiger partial charge in [0.05, 0.1) is 23.4 Å². The van der Waals surface area contributed by atoms with Crippen molar-refractivity contribution in [2.24, 2.45) is 0 Å². The van der Waals surface area contributed by atoms with Gasteiger partial charge in [-0.2, -0.15) is 0 Å². The summed E-state index contributed by atoms with van der Waals surface area (Å²) in [6.07, 6.45) is 0.435. The molecule has 2 aromatic carbocycles. The number of thiazole rings is 1. The molecule has 0 unspecified atom stereocenters. The molecule has 1 aliphatic rings. The molecule has 24 heavy (non-hydrogen) atoms. The number of carbonyl (C=O) groups excluding carboxylic acids is 1. The molecule has 0 aliphatic carbocycles. The summed E-state index contributed by atoms with van der Waals surface area (Å²) >= 11 is 1.35. The molecule has 0 bridgehead atoms. The average Bonchev–Trinajstić information content (AvgIpc) is 3.04. The molecule has 1 aliphatic heterocycles. The Morgan fingerprint density at radius 3 is 2.92 bits per heavy atom. The van der Waals surface area contributed by atoms with E-state index in [9.17, 15) is 9.90 Å². The van der Waals surface area contributed by atoms with Gasteiger partial charge in [-0.25, -0.2) is 4.98 Å². The van der Waals surface area contributed by atoms with E-state index in [4.69, 9.17) is 4.74 Å². The molecule has 2 N–H and O–H groups in total. The van der Waals surface area contributed by atoms with Crippen LogP contribution in [0.4, 0.5) is 0 Å². The van der Waals surface area contributed by atoms with Crippen LogP contribution in [-0.4, -0.2) is 29.1 Å². The zero-order chi connectivity index (χ0) is 16.6. The number of para-hydroxylation sites is 2. The Bertz CT molecular complexity index is 875. The number of amides is 1. The predicted molar refractivity (Wildman–Crippen MR) is 92.4 cm³/mol. The normalized spacial score (nSPS) is 19.5. The van der Waals surface area contributed by atoms with Gasteiger partial charge in [0, 0.05) is 12.0 Å². The third-order valence-corrected chi connectivity index (χ3v) is 5.23. The highest BCUT2D eigenvalue weighted by Gasteiger charge is 2.36. The smallest absolute Gasteiger partial charge is 0.280 e. The first-order valence-electron chi connectivity index (χ1n) is 7.74. The summed E-state index contributed by atoms with van der Waals surface area (Å²) in [4.78, 5) is 16.7. The molecule has 4 rings (SSSR count). The van der Waals surface area contributed by atoms with Crippen LogP contribution >= 0.6 is 11.3 Å². The van der Waals surface area contributed by atoms with Gasteiger partial charge in [0.1, 0.15) is 11.4 Å². The molecule has 0 spiro atoms. The molecule has 6 heteroatoms. The third kappa shape index (κ3) is 2.64. The molecule has 0 radical (unpaired) electrons. The van der Waals surface area contributed by atoms with Gasteiger partial charge in [-0.05, 0) is 18.2 Å². The van der Waals surface area contributed by atoms with Crippen molar-refractivity contribution in [3.8, 4) is 5.75 Å². The van der Waals surface area contributed by atoms with Crippen molar-refractivity contribution in [1.82, 2.24) is 10.3 Å². The maximum Gasteiger partial charge on any atom is 0.280 e. The first-order chi connectivity index (χ1) is 11.7. The minimum Gasteiger partial charge on any atom is -0.493 e. The number of rotatable bonds is 3. The van der Waals surface area contributed by atoms with E-state index in [0.29, 0.717) is 29.3 Å². The van der Waals surface area contributed by atoms with Gasteiger partial charge in [-0.15, -0.1) is 11.3 Å². The Labute approximate surface area is 142 Å². The summed E-state index contributed by atoms with van der Waals surface area (Å²) in [6.45, 7) is 0.548. The molecule has 1 aromatic heterocycles. The van der Waals surface area contributed by atoms with Crippen LogP contribution in [0.5, 0.6) is 5.75 Å². The SMILES string of the molecule is O=C(NC[C@@]1(O)CCOc2ccccc21)c1nc2ccccc2s1. The molecule has 122 valence electrons. The van der Waals surface area contributed by atoms with E-state index in [1.807, 2.05) is 48.5 Å². The fourth-order valence-electron chi connectivity index (χ4n) is 2.90. The van der Waals surface area contributed by atoms with Gasteiger partial charge in [0.15, 0.2) is 5.01 Å². The number of hydrogen-bond acceptors (Lipinski definition) is 5. The van der Waals surface area contributed by atoms with E-state index in [2.05, 4.69) is 10.3 Å². The van der Waals surface area contributed by atoms with Crippen molar-refractivity contribution in [3.05, 3.63) is 59.1 Å². The summed E-state index contributed by atoms with van der Waals surface area (Å²) in [6, 6.07) is 15.0. The number of carbonyl (C=O) groups is 1. The van der Waals surface area contributed by atoms with Crippen molar-refractivity contribution >= 4 is 27.5 Å². The first-order valence-corrected chi connectivity index (χ1v) is 8.56. The number of nitrogens with one attached hydrogen (secondary N) is 1. The van der Waals surface area contributed by atoms with Crippen molar-refractivity contribution in [3.63, 3.8) is 0 Å². The number of benzene rings is 2. The van der Waals surface area contributed by atoms with E-state index in [0.717, 1.165) is 10.2 Å². The highest BCUT2D eigenvalue weighted by atomic mass is 32.1.